The van der Waals surface area contributed by atoms with Gasteiger partial charge in [-0.25, -0.2) is 4.79 Å². The smallest absolute Gasteiger partial charge is 0.327 e. The molecule has 0 radical (unpaired) electrons. The van der Waals surface area contributed by atoms with Crippen LogP contribution in [0.1, 0.15) is 25.8 Å². The molecule has 1 aliphatic rings. The Balaban J connectivity index is 2.07. The lowest BCUT2D eigenvalue weighted by atomic mass is 10.0. The van der Waals surface area contributed by atoms with Crippen molar-refractivity contribution in [1.29, 1.82) is 0 Å². The number of aryl methyl sites for hydroxylation is 1. The molecule has 1 heterocycles. The van der Waals surface area contributed by atoms with E-state index in [9.17, 15) is 24.3 Å². The van der Waals surface area contributed by atoms with Gasteiger partial charge in [-0.1, -0.05) is 29.8 Å². The topological polar surface area (TPSA) is 107 Å². The molecule has 1 aromatic rings. The quantitative estimate of drug-likeness (QED) is 0.610. The zero-order chi connectivity index (χ0) is 21.2. The Kier molecular flexibility index (Phi) is 6.95. The van der Waals surface area contributed by atoms with Crippen LogP contribution >= 0.6 is 15.9 Å². The summed E-state index contributed by atoms with van der Waals surface area (Å²) in [7, 11) is 1.57. The van der Waals surface area contributed by atoms with Gasteiger partial charge in [-0.15, -0.1) is 0 Å². The summed E-state index contributed by atoms with van der Waals surface area (Å²) in [6.07, 6.45) is -0.142. The first-order valence-electron chi connectivity index (χ1n) is 8.87. The van der Waals surface area contributed by atoms with Crippen molar-refractivity contribution in [2.24, 2.45) is 5.92 Å². The van der Waals surface area contributed by atoms with Crippen LogP contribution < -0.4 is 5.32 Å². The average Bonchev–Trinajstić information content (AvgIpc) is 2.85. The van der Waals surface area contributed by atoms with Crippen molar-refractivity contribution < 1.29 is 24.3 Å². The highest BCUT2D eigenvalue weighted by Gasteiger charge is 2.47. The minimum atomic E-state index is -1.22. The van der Waals surface area contributed by atoms with E-state index in [0.29, 0.717) is 5.69 Å². The van der Waals surface area contributed by atoms with Crippen molar-refractivity contribution >= 4 is 45.3 Å². The largest absolute Gasteiger partial charge is 0.480 e. The van der Waals surface area contributed by atoms with Gasteiger partial charge >= 0.3 is 5.97 Å². The predicted molar refractivity (Wildman–Crippen MR) is 107 cm³/mol. The van der Waals surface area contributed by atoms with E-state index in [0.717, 1.165) is 14.9 Å². The second-order valence-electron chi connectivity index (χ2n) is 7.27. The Morgan fingerprint density at radius 1 is 1.36 bits per heavy atom. The van der Waals surface area contributed by atoms with Gasteiger partial charge in [0.2, 0.25) is 17.7 Å². The second-order valence-corrected chi connectivity index (χ2v) is 8.19. The molecule has 0 spiro atoms. The number of carboxylic acids is 1. The highest BCUT2D eigenvalue weighted by atomic mass is 79.9. The number of anilines is 1. The predicted octanol–water partition coefficient (Wildman–Crippen LogP) is 1.86. The van der Waals surface area contributed by atoms with Gasteiger partial charge in [-0.05, 0) is 43.7 Å². The molecule has 9 heteroatoms. The van der Waals surface area contributed by atoms with Gasteiger partial charge in [0.1, 0.15) is 6.04 Å². The van der Waals surface area contributed by atoms with Crippen LogP contribution in [0.2, 0.25) is 0 Å². The first-order chi connectivity index (χ1) is 13.0. The van der Waals surface area contributed by atoms with Gasteiger partial charge in [-0.3, -0.25) is 24.2 Å². The summed E-state index contributed by atoms with van der Waals surface area (Å²) in [5, 5.41) is 12.2. The van der Waals surface area contributed by atoms with Gasteiger partial charge in [0.25, 0.3) is 0 Å². The van der Waals surface area contributed by atoms with Crippen LogP contribution in [-0.2, 0) is 19.2 Å². The van der Waals surface area contributed by atoms with Gasteiger partial charge in [0, 0.05) is 10.2 Å². The summed E-state index contributed by atoms with van der Waals surface area (Å²) < 4.78 is 0.897. The molecular formula is C19H24BrN3O5. The fraction of sp³-hybridized carbons (Fsp3) is 0.474. The number of nitrogens with one attached hydrogen (secondary N) is 1. The minimum absolute atomic E-state index is 0.105. The number of imide groups is 1. The summed E-state index contributed by atoms with van der Waals surface area (Å²) in [5.41, 5.74) is 1.53. The van der Waals surface area contributed by atoms with E-state index < -0.39 is 35.8 Å². The number of benzene rings is 1. The van der Waals surface area contributed by atoms with Gasteiger partial charge in [-0.2, -0.15) is 0 Å². The summed E-state index contributed by atoms with van der Waals surface area (Å²) >= 11 is 3.36. The van der Waals surface area contributed by atoms with Gasteiger partial charge in [0.15, 0.2) is 0 Å². The first-order valence-corrected chi connectivity index (χ1v) is 9.67. The number of nitrogens with zero attached hydrogens (tertiary/aromatic N) is 2. The molecule has 2 N–H and O–H groups in total. The maximum Gasteiger partial charge on any atom is 0.327 e. The van der Waals surface area contributed by atoms with E-state index in [1.807, 2.05) is 13.0 Å². The average molecular weight is 454 g/mol. The van der Waals surface area contributed by atoms with Crippen molar-refractivity contribution in [3.05, 3.63) is 28.2 Å². The molecule has 0 aliphatic carbocycles. The normalized spacial score (nSPS) is 18.1. The van der Waals surface area contributed by atoms with Crippen molar-refractivity contribution in [3.8, 4) is 0 Å². The Morgan fingerprint density at radius 3 is 2.54 bits per heavy atom. The molecule has 0 saturated carbocycles. The fourth-order valence-electron chi connectivity index (χ4n) is 3.26. The molecule has 2 atom stereocenters. The maximum absolute atomic E-state index is 12.7. The van der Waals surface area contributed by atoms with Crippen LogP contribution in [-0.4, -0.2) is 64.3 Å². The number of rotatable bonds is 7. The Bertz CT molecular complexity index is 811. The monoisotopic (exact) mass is 453 g/mol. The highest BCUT2D eigenvalue weighted by molar-refractivity contribution is 9.10. The number of carbonyl (C=O) groups excluding carboxylic acids is 3. The van der Waals surface area contributed by atoms with Gasteiger partial charge in [0.05, 0.1) is 19.0 Å². The summed E-state index contributed by atoms with van der Waals surface area (Å²) in [6.45, 7) is 5.04. The number of aliphatic carboxylic acids is 1. The molecule has 28 heavy (non-hydrogen) atoms. The Labute approximate surface area is 172 Å². The van der Waals surface area contributed by atoms with E-state index in [1.165, 1.54) is 4.90 Å². The molecule has 2 rings (SSSR count). The molecule has 2 unspecified atom stereocenters. The van der Waals surface area contributed by atoms with Crippen LogP contribution in [0.5, 0.6) is 0 Å². The number of hydrogen-bond donors (Lipinski definition) is 2. The molecule has 0 aromatic heterocycles. The molecular weight excluding hydrogens is 430 g/mol. The van der Waals surface area contributed by atoms with Crippen LogP contribution in [0, 0.1) is 12.8 Å². The van der Waals surface area contributed by atoms with Crippen LogP contribution in [0.25, 0.3) is 0 Å². The summed E-state index contributed by atoms with van der Waals surface area (Å²) in [4.78, 5) is 51.2. The standard InChI is InChI=1S/C19H24BrN3O5/c1-10(2)17(19(27)28)23-16(25)8-14(18(23)26)22(4)9-15(24)21-13-6-5-12(20)7-11(13)3/h5-7,10,14,17H,8-9H2,1-4H3,(H,21,24)(H,27,28). The van der Waals surface area contributed by atoms with E-state index in [2.05, 4.69) is 21.2 Å². The van der Waals surface area contributed by atoms with Crippen molar-refractivity contribution in [1.82, 2.24) is 9.80 Å². The Morgan fingerprint density at radius 2 is 2.00 bits per heavy atom. The lowest BCUT2D eigenvalue weighted by Crippen LogP contribution is -2.50. The third-order valence-corrected chi connectivity index (χ3v) is 5.20. The van der Waals surface area contributed by atoms with Crippen molar-refractivity contribution in [2.75, 3.05) is 18.9 Å². The molecule has 152 valence electrons. The van der Waals surface area contributed by atoms with E-state index >= 15 is 0 Å². The molecule has 8 nitrogen and oxygen atoms in total. The zero-order valence-electron chi connectivity index (χ0n) is 16.2. The van der Waals surface area contributed by atoms with Crippen molar-refractivity contribution in [3.63, 3.8) is 0 Å². The third-order valence-electron chi connectivity index (χ3n) is 4.71. The molecule has 3 amide bonds. The summed E-state index contributed by atoms with van der Waals surface area (Å²) in [5.74, 6) is -3.08. The van der Waals surface area contributed by atoms with E-state index in [1.54, 1.807) is 33.0 Å². The highest BCUT2D eigenvalue weighted by Crippen LogP contribution is 2.24. The molecule has 1 aromatic carbocycles. The molecule has 0 bridgehead atoms. The molecule has 1 fully saturated rings. The maximum atomic E-state index is 12.7. The molecule has 1 aliphatic heterocycles. The SMILES string of the molecule is Cc1cc(Br)ccc1NC(=O)CN(C)C1CC(=O)N(C(C(=O)O)C(C)C)C1=O. The lowest BCUT2D eigenvalue weighted by Gasteiger charge is -2.27. The number of hydrogen-bond acceptors (Lipinski definition) is 5. The second kappa shape index (κ2) is 8.83. The van der Waals surface area contributed by atoms with Crippen molar-refractivity contribution in [2.45, 2.75) is 39.3 Å². The fourth-order valence-corrected chi connectivity index (χ4v) is 3.73. The van der Waals surface area contributed by atoms with E-state index in [-0.39, 0.29) is 18.9 Å². The van der Waals surface area contributed by atoms with Crippen LogP contribution in [0.4, 0.5) is 5.69 Å². The lowest BCUT2D eigenvalue weighted by molar-refractivity contribution is -0.156. The first kappa shape index (κ1) is 22.0. The number of halogens is 1. The zero-order valence-corrected chi connectivity index (χ0v) is 17.8. The number of carboxylic acid groups (broad SMARTS) is 1. The third kappa shape index (κ3) is 4.77. The number of amides is 3. The molecule has 1 saturated heterocycles. The minimum Gasteiger partial charge on any atom is -0.480 e. The van der Waals surface area contributed by atoms with Crippen LogP contribution in [0.15, 0.2) is 22.7 Å². The van der Waals surface area contributed by atoms with Gasteiger partial charge < -0.3 is 10.4 Å². The van der Waals surface area contributed by atoms with Crippen LogP contribution in [0.3, 0.4) is 0 Å². The summed E-state index contributed by atoms with van der Waals surface area (Å²) in [6, 6.07) is 3.38. The van der Waals surface area contributed by atoms with E-state index in [4.69, 9.17) is 0 Å². The number of likely N-dealkylation sites (tertiary alicyclic amines) is 1. The number of carbonyl (C=O) groups is 4. The number of likely N-dealkylation sites (N-methyl/N-ethyl adjacent to an activating group) is 1. The Hall–Kier alpha value is -2.26.